The number of nitrogens with zero attached hydrogens (tertiary/aromatic N) is 5. The molecular weight excluding hydrogens is 458 g/mol. The second-order valence-corrected chi connectivity index (χ2v) is 10.6. The van der Waals surface area contributed by atoms with Crippen LogP contribution in [0, 0.1) is 6.92 Å². The van der Waals surface area contributed by atoms with Gasteiger partial charge in [0.05, 0.1) is 11.4 Å². The Hall–Kier alpha value is -2.78. The van der Waals surface area contributed by atoms with E-state index in [2.05, 4.69) is 45.6 Å². The van der Waals surface area contributed by atoms with Crippen LogP contribution in [0.3, 0.4) is 0 Å². The van der Waals surface area contributed by atoms with Crippen LogP contribution in [-0.2, 0) is 16.6 Å². The van der Waals surface area contributed by atoms with Gasteiger partial charge in [-0.25, -0.2) is 18.4 Å². The van der Waals surface area contributed by atoms with Crippen molar-refractivity contribution in [3.63, 3.8) is 0 Å². The normalized spacial score (nSPS) is 15.8. The first-order chi connectivity index (χ1) is 15.9. The Morgan fingerprint density at radius 3 is 2.45 bits per heavy atom. The molecule has 2 aromatic carbocycles. The lowest BCUT2D eigenvalue weighted by Crippen LogP contribution is -2.48. The van der Waals surface area contributed by atoms with Crippen LogP contribution in [0.2, 0.25) is 5.02 Å². The number of imidazole rings is 1. The van der Waals surface area contributed by atoms with Crippen molar-refractivity contribution in [3.8, 4) is 5.69 Å². The van der Waals surface area contributed by atoms with Crippen molar-refractivity contribution in [3.05, 3.63) is 83.3 Å². The van der Waals surface area contributed by atoms with E-state index in [1.165, 1.54) is 15.9 Å². The molecule has 1 aliphatic heterocycles. The molecule has 0 unspecified atom stereocenters. The predicted octanol–water partition coefficient (Wildman–Crippen LogP) is 3.89. The van der Waals surface area contributed by atoms with E-state index < -0.39 is 10.0 Å². The van der Waals surface area contributed by atoms with Crippen LogP contribution < -0.4 is 0 Å². The molecule has 3 heterocycles. The second-order valence-electron chi connectivity index (χ2n) is 8.18. The van der Waals surface area contributed by atoms with Gasteiger partial charge in [0, 0.05) is 43.1 Å². The molecule has 0 N–H and O–H groups in total. The van der Waals surface area contributed by atoms with Gasteiger partial charge in [0.2, 0.25) is 10.0 Å². The first-order valence-corrected chi connectivity index (χ1v) is 12.6. The first-order valence-electron chi connectivity index (χ1n) is 10.8. The summed E-state index contributed by atoms with van der Waals surface area (Å²) in [4.78, 5) is 11.9. The van der Waals surface area contributed by atoms with Gasteiger partial charge in [0.25, 0.3) is 0 Å². The Kier molecular flexibility index (Phi) is 5.92. The number of aryl methyl sites for hydroxylation is 1. The van der Waals surface area contributed by atoms with Crippen LogP contribution in [-0.4, -0.2) is 58.3 Å². The van der Waals surface area contributed by atoms with Crippen LogP contribution in [0.1, 0.15) is 11.4 Å². The van der Waals surface area contributed by atoms with Crippen molar-refractivity contribution < 1.29 is 8.42 Å². The Bertz CT molecular complexity index is 1390. The summed E-state index contributed by atoms with van der Waals surface area (Å²) in [5.74, 6) is 0.888. The van der Waals surface area contributed by atoms with E-state index in [9.17, 15) is 8.42 Å². The van der Waals surface area contributed by atoms with E-state index in [4.69, 9.17) is 16.6 Å². The lowest BCUT2D eigenvalue weighted by molar-refractivity contribution is 0.177. The van der Waals surface area contributed by atoms with Gasteiger partial charge in [-0.1, -0.05) is 35.4 Å². The van der Waals surface area contributed by atoms with Crippen molar-refractivity contribution in [1.29, 1.82) is 0 Å². The summed E-state index contributed by atoms with van der Waals surface area (Å²) < 4.78 is 29.6. The van der Waals surface area contributed by atoms with Crippen LogP contribution in [0.4, 0.5) is 0 Å². The van der Waals surface area contributed by atoms with Gasteiger partial charge < -0.3 is 0 Å². The smallest absolute Gasteiger partial charge is 0.243 e. The highest BCUT2D eigenvalue weighted by molar-refractivity contribution is 7.89. The van der Waals surface area contributed by atoms with E-state index in [1.807, 2.05) is 12.1 Å². The highest BCUT2D eigenvalue weighted by Crippen LogP contribution is 2.24. The van der Waals surface area contributed by atoms with E-state index in [0.29, 0.717) is 37.7 Å². The fourth-order valence-corrected chi connectivity index (χ4v) is 5.86. The molecule has 4 aromatic rings. The zero-order valence-electron chi connectivity index (χ0n) is 18.2. The molecule has 0 radical (unpaired) electrons. The zero-order valence-corrected chi connectivity index (χ0v) is 19.8. The minimum absolute atomic E-state index is 0.232. The average Bonchev–Trinajstić information content (AvgIpc) is 3.18. The van der Waals surface area contributed by atoms with Gasteiger partial charge in [-0.3, -0.25) is 9.47 Å². The summed E-state index contributed by atoms with van der Waals surface area (Å²) in [5, 5.41) is 0.415. The number of hydrogen-bond acceptors (Lipinski definition) is 5. The Morgan fingerprint density at radius 1 is 0.970 bits per heavy atom. The highest BCUT2D eigenvalue weighted by atomic mass is 35.5. The molecule has 1 saturated heterocycles. The van der Waals surface area contributed by atoms with Crippen molar-refractivity contribution in [1.82, 2.24) is 23.7 Å². The van der Waals surface area contributed by atoms with E-state index in [-0.39, 0.29) is 4.90 Å². The molecule has 0 amide bonds. The lowest BCUT2D eigenvalue weighted by Gasteiger charge is -2.33. The largest absolute Gasteiger partial charge is 0.293 e. The van der Waals surface area contributed by atoms with Crippen molar-refractivity contribution >= 4 is 32.8 Å². The molecule has 9 heteroatoms. The number of sulfonamides is 1. The number of pyridine rings is 1. The molecular formula is C24H24ClN5O2S. The monoisotopic (exact) mass is 481 g/mol. The number of hydrogen-bond donors (Lipinski definition) is 0. The SMILES string of the molecule is Cc1ccc(-n2c(CN3CCN(S(=O)(=O)c4cccc(Cl)c4)CC3)nc3cccnc32)cc1. The van der Waals surface area contributed by atoms with Crippen molar-refractivity contribution in [2.45, 2.75) is 18.4 Å². The summed E-state index contributed by atoms with van der Waals surface area (Å²) >= 11 is 6.01. The average molecular weight is 482 g/mol. The molecule has 0 atom stereocenters. The summed E-state index contributed by atoms with van der Waals surface area (Å²) in [6.07, 6.45) is 1.78. The summed E-state index contributed by atoms with van der Waals surface area (Å²) in [6.45, 7) is 4.73. The summed E-state index contributed by atoms with van der Waals surface area (Å²) in [5.41, 5.74) is 3.86. The van der Waals surface area contributed by atoms with Crippen LogP contribution in [0.5, 0.6) is 0 Å². The van der Waals surface area contributed by atoms with Gasteiger partial charge in [0.15, 0.2) is 5.65 Å². The van der Waals surface area contributed by atoms with Crippen molar-refractivity contribution in [2.75, 3.05) is 26.2 Å². The third kappa shape index (κ3) is 4.39. The number of piperazine rings is 1. The number of fused-ring (bicyclic) bond motifs is 1. The molecule has 2 aromatic heterocycles. The number of benzene rings is 2. The highest BCUT2D eigenvalue weighted by Gasteiger charge is 2.29. The number of rotatable bonds is 5. The molecule has 1 aliphatic rings. The third-order valence-corrected chi connectivity index (χ3v) is 8.04. The van der Waals surface area contributed by atoms with Gasteiger partial charge in [0.1, 0.15) is 11.3 Å². The first kappa shape index (κ1) is 22.0. The molecule has 5 rings (SSSR count). The summed E-state index contributed by atoms with van der Waals surface area (Å²) in [7, 11) is -3.57. The van der Waals surface area contributed by atoms with Gasteiger partial charge >= 0.3 is 0 Å². The Balaban J connectivity index is 1.37. The minimum atomic E-state index is -3.57. The second kappa shape index (κ2) is 8.87. The van der Waals surface area contributed by atoms with Crippen LogP contribution in [0.25, 0.3) is 16.9 Å². The molecule has 0 spiro atoms. The Morgan fingerprint density at radius 2 is 1.73 bits per heavy atom. The molecule has 170 valence electrons. The fraction of sp³-hybridized carbons (Fsp3) is 0.250. The molecule has 7 nitrogen and oxygen atoms in total. The van der Waals surface area contributed by atoms with E-state index in [1.54, 1.807) is 24.4 Å². The van der Waals surface area contributed by atoms with E-state index >= 15 is 0 Å². The molecule has 0 saturated carbocycles. The molecule has 33 heavy (non-hydrogen) atoms. The minimum Gasteiger partial charge on any atom is -0.293 e. The third-order valence-electron chi connectivity index (χ3n) is 5.91. The maximum absolute atomic E-state index is 13.0. The topological polar surface area (TPSA) is 71.3 Å². The van der Waals surface area contributed by atoms with Gasteiger partial charge in [-0.05, 0) is 49.4 Å². The fourth-order valence-electron chi connectivity index (χ4n) is 4.14. The quantitative estimate of drug-likeness (QED) is 0.432. The van der Waals surface area contributed by atoms with Gasteiger partial charge in [-0.15, -0.1) is 0 Å². The maximum Gasteiger partial charge on any atom is 0.243 e. The van der Waals surface area contributed by atoms with Crippen molar-refractivity contribution in [2.24, 2.45) is 0 Å². The molecule has 0 bridgehead atoms. The van der Waals surface area contributed by atoms with Crippen LogP contribution >= 0.6 is 11.6 Å². The standard InChI is InChI=1S/C24H24ClN5O2S/c1-18-7-9-20(10-8-18)30-23(27-22-6-3-11-26-24(22)30)17-28-12-14-29(15-13-28)33(31,32)21-5-2-4-19(25)16-21/h2-11,16H,12-15,17H2,1H3. The summed E-state index contributed by atoms with van der Waals surface area (Å²) in [6, 6.07) is 18.6. The van der Waals surface area contributed by atoms with E-state index in [0.717, 1.165) is 22.7 Å². The zero-order chi connectivity index (χ0) is 23.0. The van der Waals surface area contributed by atoms with Gasteiger partial charge in [-0.2, -0.15) is 4.31 Å². The predicted molar refractivity (Wildman–Crippen MR) is 129 cm³/mol. The Labute approximate surface area is 198 Å². The molecule has 0 aliphatic carbocycles. The lowest BCUT2D eigenvalue weighted by atomic mass is 10.2. The number of halogens is 1. The number of aromatic nitrogens is 3. The molecule has 1 fully saturated rings. The maximum atomic E-state index is 13.0. The van der Waals surface area contributed by atoms with Crippen LogP contribution in [0.15, 0.2) is 71.8 Å².